The molecule has 0 amide bonds. The van der Waals surface area contributed by atoms with Gasteiger partial charge in [-0.1, -0.05) is 84.5 Å². The van der Waals surface area contributed by atoms with Gasteiger partial charge in [0.2, 0.25) is 0 Å². The van der Waals surface area contributed by atoms with Crippen molar-refractivity contribution in [3.05, 3.63) is 0 Å². The Balaban J connectivity index is 3.23. The van der Waals surface area contributed by atoms with Gasteiger partial charge in [0.05, 0.1) is 6.61 Å². The van der Waals surface area contributed by atoms with Gasteiger partial charge in [-0.25, -0.2) is 0 Å². The molecule has 0 saturated heterocycles. The van der Waals surface area contributed by atoms with E-state index in [9.17, 15) is 4.79 Å². The van der Waals surface area contributed by atoms with Crippen molar-refractivity contribution in [3.8, 4) is 0 Å². The molecule has 1 atom stereocenters. The largest absolute Gasteiger partial charge is 0.465 e. The lowest BCUT2D eigenvalue weighted by Gasteiger charge is -2.10. The summed E-state index contributed by atoms with van der Waals surface area (Å²) in [5.41, 5.74) is 5.76. The van der Waals surface area contributed by atoms with Crippen LogP contribution >= 0.6 is 0 Å². The zero-order valence-electron chi connectivity index (χ0n) is 14.4. The Kier molecular flexibility index (Phi) is 15.4. The molecule has 2 N–H and O–H groups in total. The Bertz CT molecular complexity index is 231. The normalized spacial score (nSPS) is 12.3. The van der Waals surface area contributed by atoms with Crippen molar-refractivity contribution in [2.45, 2.75) is 103 Å². The van der Waals surface area contributed by atoms with E-state index in [0.717, 1.165) is 32.1 Å². The van der Waals surface area contributed by atoms with Crippen LogP contribution in [0, 0.1) is 0 Å². The van der Waals surface area contributed by atoms with Crippen LogP contribution in [0.15, 0.2) is 0 Å². The summed E-state index contributed by atoms with van der Waals surface area (Å²) < 4.78 is 5.21. The molecule has 0 aromatic heterocycles. The molecule has 0 aliphatic carbocycles. The molecule has 3 nitrogen and oxygen atoms in total. The summed E-state index contributed by atoms with van der Waals surface area (Å²) >= 11 is 0. The lowest BCUT2D eigenvalue weighted by Crippen LogP contribution is -2.32. The summed E-state index contributed by atoms with van der Waals surface area (Å²) in [7, 11) is 0. The lowest BCUT2D eigenvalue weighted by atomic mass is 10.1. The van der Waals surface area contributed by atoms with Crippen LogP contribution in [-0.2, 0) is 9.53 Å². The highest BCUT2D eigenvalue weighted by Gasteiger charge is 2.13. The van der Waals surface area contributed by atoms with Gasteiger partial charge in [0.1, 0.15) is 6.04 Å². The van der Waals surface area contributed by atoms with Crippen LogP contribution in [0.1, 0.15) is 97.3 Å². The van der Waals surface area contributed by atoms with E-state index in [1.54, 1.807) is 0 Å². The Morgan fingerprint density at radius 2 is 1.29 bits per heavy atom. The predicted octanol–water partition coefficient (Wildman–Crippen LogP) is 4.97. The van der Waals surface area contributed by atoms with Crippen molar-refractivity contribution < 1.29 is 9.53 Å². The molecular formula is C18H37NO2. The molecule has 0 radical (unpaired) electrons. The Morgan fingerprint density at radius 1 is 0.810 bits per heavy atom. The maximum absolute atomic E-state index is 11.6. The van der Waals surface area contributed by atoms with Crippen LogP contribution < -0.4 is 5.73 Å². The number of ether oxygens (including phenoxy) is 1. The molecular weight excluding hydrogens is 262 g/mol. The maximum atomic E-state index is 11.6. The number of rotatable bonds is 15. The molecule has 21 heavy (non-hydrogen) atoms. The van der Waals surface area contributed by atoms with Crippen LogP contribution in [0.2, 0.25) is 0 Å². The molecule has 0 aromatic carbocycles. The Labute approximate surface area is 132 Å². The first kappa shape index (κ1) is 20.4. The molecule has 0 rings (SSSR count). The van der Waals surface area contributed by atoms with Gasteiger partial charge >= 0.3 is 5.97 Å². The SMILES string of the molecule is CCCCCCCCCCCCOC(=O)[C@@H](N)CCCC. The van der Waals surface area contributed by atoms with E-state index in [2.05, 4.69) is 13.8 Å². The zero-order valence-corrected chi connectivity index (χ0v) is 14.4. The van der Waals surface area contributed by atoms with Gasteiger partial charge in [0.25, 0.3) is 0 Å². The summed E-state index contributed by atoms with van der Waals surface area (Å²) in [6, 6.07) is -0.423. The van der Waals surface area contributed by atoms with E-state index in [4.69, 9.17) is 10.5 Å². The van der Waals surface area contributed by atoms with Gasteiger partial charge in [-0.05, 0) is 12.8 Å². The van der Waals surface area contributed by atoms with E-state index in [0.29, 0.717) is 6.61 Å². The monoisotopic (exact) mass is 299 g/mol. The molecule has 0 saturated carbocycles. The number of esters is 1. The second-order valence-corrected chi connectivity index (χ2v) is 6.10. The minimum Gasteiger partial charge on any atom is -0.465 e. The quantitative estimate of drug-likeness (QED) is 0.343. The van der Waals surface area contributed by atoms with Crippen LogP contribution in [0.25, 0.3) is 0 Å². The minimum atomic E-state index is -0.423. The highest BCUT2D eigenvalue weighted by Crippen LogP contribution is 2.10. The Morgan fingerprint density at radius 3 is 1.81 bits per heavy atom. The highest BCUT2D eigenvalue weighted by atomic mass is 16.5. The molecule has 0 fully saturated rings. The third-order valence-electron chi connectivity index (χ3n) is 3.91. The molecule has 0 aromatic rings. The van der Waals surface area contributed by atoms with Crippen molar-refractivity contribution in [2.24, 2.45) is 5.73 Å². The van der Waals surface area contributed by atoms with E-state index in [1.807, 2.05) is 0 Å². The number of unbranched alkanes of at least 4 members (excludes halogenated alkanes) is 10. The summed E-state index contributed by atoms with van der Waals surface area (Å²) in [6.07, 6.45) is 15.7. The third-order valence-corrected chi connectivity index (χ3v) is 3.91. The summed E-state index contributed by atoms with van der Waals surface area (Å²) in [4.78, 5) is 11.6. The van der Waals surface area contributed by atoms with Gasteiger partial charge in [0.15, 0.2) is 0 Å². The fourth-order valence-electron chi connectivity index (χ4n) is 2.41. The van der Waals surface area contributed by atoms with Gasteiger partial charge in [-0.15, -0.1) is 0 Å². The van der Waals surface area contributed by atoms with E-state index in [1.165, 1.54) is 51.4 Å². The van der Waals surface area contributed by atoms with E-state index >= 15 is 0 Å². The molecule has 3 heteroatoms. The average molecular weight is 299 g/mol. The molecule has 0 heterocycles. The molecule has 0 unspecified atom stereocenters. The fraction of sp³-hybridized carbons (Fsp3) is 0.944. The molecule has 0 spiro atoms. The first-order chi connectivity index (χ1) is 10.2. The highest BCUT2D eigenvalue weighted by molar-refractivity contribution is 5.75. The van der Waals surface area contributed by atoms with Gasteiger partial charge in [-0.2, -0.15) is 0 Å². The topological polar surface area (TPSA) is 52.3 Å². The molecule has 0 bridgehead atoms. The van der Waals surface area contributed by atoms with Gasteiger partial charge in [0, 0.05) is 0 Å². The van der Waals surface area contributed by atoms with Crippen molar-refractivity contribution in [3.63, 3.8) is 0 Å². The second kappa shape index (κ2) is 15.8. The molecule has 0 aliphatic heterocycles. The first-order valence-corrected chi connectivity index (χ1v) is 9.14. The van der Waals surface area contributed by atoms with E-state index < -0.39 is 6.04 Å². The standard InChI is InChI=1S/C18H37NO2/c1-3-5-7-8-9-10-11-12-13-14-16-21-18(20)17(19)15-6-4-2/h17H,3-16,19H2,1-2H3/t17-/m0/s1. The number of nitrogens with two attached hydrogens (primary N) is 1. The first-order valence-electron chi connectivity index (χ1n) is 9.14. The van der Waals surface area contributed by atoms with Crippen molar-refractivity contribution in [1.29, 1.82) is 0 Å². The molecule has 126 valence electrons. The molecule has 0 aliphatic rings. The predicted molar refractivity (Wildman–Crippen MR) is 90.3 cm³/mol. The van der Waals surface area contributed by atoms with Crippen LogP contribution in [0.5, 0.6) is 0 Å². The summed E-state index contributed by atoms with van der Waals surface area (Å²) in [5, 5.41) is 0. The minimum absolute atomic E-state index is 0.223. The number of carbonyl (C=O) groups excluding carboxylic acids is 1. The second-order valence-electron chi connectivity index (χ2n) is 6.10. The van der Waals surface area contributed by atoms with E-state index in [-0.39, 0.29) is 5.97 Å². The number of hydrogen-bond donors (Lipinski definition) is 1. The third kappa shape index (κ3) is 14.1. The summed E-state index contributed by atoms with van der Waals surface area (Å²) in [5.74, 6) is -0.223. The fourth-order valence-corrected chi connectivity index (χ4v) is 2.41. The van der Waals surface area contributed by atoms with Crippen molar-refractivity contribution >= 4 is 5.97 Å². The lowest BCUT2D eigenvalue weighted by molar-refractivity contribution is -0.145. The average Bonchev–Trinajstić information content (AvgIpc) is 2.49. The zero-order chi connectivity index (χ0) is 15.8. The summed E-state index contributed by atoms with van der Waals surface area (Å²) in [6.45, 7) is 4.89. The number of hydrogen-bond acceptors (Lipinski definition) is 3. The smallest absolute Gasteiger partial charge is 0.322 e. The van der Waals surface area contributed by atoms with Gasteiger partial charge < -0.3 is 10.5 Å². The van der Waals surface area contributed by atoms with Crippen LogP contribution in [0.3, 0.4) is 0 Å². The maximum Gasteiger partial charge on any atom is 0.322 e. The Hall–Kier alpha value is -0.570. The van der Waals surface area contributed by atoms with Crippen LogP contribution in [0.4, 0.5) is 0 Å². The van der Waals surface area contributed by atoms with Gasteiger partial charge in [-0.3, -0.25) is 4.79 Å². The van der Waals surface area contributed by atoms with Crippen molar-refractivity contribution in [1.82, 2.24) is 0 Å². The number of carbonyl (C=O) groups is 1. The van der Waals surface area contributed by atoms with Crippen molar-refractivity contribution in [2.75, 3.05) is 6.61 Å². The van der Waals surface area contributed by atoms with Crippen LogP contribution in [-0.4, -0.2) is 18.6 Å².